The maximum absolute atomic E-state index is 5.71. The second kappa shape index (κ2) is 3.79. The quantitative estimate of drug-likeness (QED) is 0.767. The van der Waals surface area contributed by atoms with Gasteiger partial charge in [-0.05, 0) is 37.0 Å². The van der Waals surface area contributed by atoms with E-state index in [0.29, 0.717) is 12.6 Å². The Kier molecular flexibility index (Phi) is 2.50. The standard InChI is InChI=1S/C11H15NO/c12-8-9-4-6-11(7-5-9)13-10-2-1-3-10/h4-7,10H,1-3,8,12H2. The first-order valence-corrected chi connectivity index (χ1v) is 4.84. The Morgan fingerprint density at radius 1 is 1.23 bits per heavy atom. The SMILES string of the molecule is NCc1ccc(OC2CCC2)cc1. The molecule has 2 nitrogen and oxygen atoms in total. The summed E-state index contributed by atoms with van der Waals surface area (Å²) in [5, 5.41) is 0. The summed E-state index contributed by atoms with van der Waals surface area (Å²) >= 11 is 0. The van der Waals surface area contributed by atoms with Crippen LogP contribution in [-0.4, -0.2) is 6.10 Å². The van der Waals surface area contributed by atoms with Crippen molar-refractivity contribution in [2.24, 2.45) is 5.73 Å². The molecule has 1 saturated carbocycles. The van der Waals surface area contributed by atoms with Crippen LogP contribution in [0.15, 0.2) is 24.3 Å². The first-order valence-electron chi connectivity index (χ1n) is 4.84. The summed E-state index contributed by atoms with van der Waals surface area (Å²) in [7, 11) is 0. The third-order valence-corrected chi connectivity index (χ3v) is 2.51. The molecule has 13 heavy (non-hydrogen) atoms. The molecule has 0 saturated heterocycles. The molecule has 2 heteroatoms. The zero-order chi connectivity index (χ0) is 9.10. The molecule has 0 radical (unpaired) electrons. The van der Waals surface area contributed by atoms with Crippen molar-refractivity contribution in [1.82, 2.24) is 0 Å². The summed E-state index contributed by atoms with van der Waals surface area (Å²) in [6.07, 6.45) is 4.19. The van der Waals surface area contributed by atoms with Crippen molar-refractivity contribution in [1.29, 1.82) is 0 Å². The van der Waals surface area contributed by atoms with E-state index < -0.39 is 0 Å². The molecule has 2 N–H and O–H groups in total. The lowest BCUT2D eigenvalue weighted by molar-refractivity contribution is 0.120. The summed E-state index contributed by atoms with van der Waals surface area (Å²) in [4.78, 5) is 0. The minimum Gasteiger partial charge on any atom is -0.490 e. The summed E-state index contributed by atoms with van der Waals surface area (Å²) in [6.45, 7) is 0.601. The van der Waals surface area contributed by atoms with Crippen LogP contribution in [0.1, 0.15) is 24.8 Å². The topological polar surface area (TPSA) is 35.2 Å². The maximum atomic E-state index is 5.71. The van der Waals surface area contributed by atoms with Crippen LogP contribution < -0.4 is 10.5 Å². The zero-order valence-corrected chi connectivity index (χ0v) is 7.70. The summed E-state index contributed by atoms with van der Waals surface area (Å²) in [5.74, 6) is 0.974. The van der Waals surface area contributed by atoms with Gasteiger partial charge in [0, 0.05) is 6.54 Å². The fourth-order valence-electron chi connectivity index (χ4n) is 1.39. The van der Waals surface area contributed by atoms with Crippen LogP contribution in [0.25, 0.3) is 0 Å². The molecule has 0 heterocycles. The summed E-state index contributed by atoms with van der Waals surface area (Å²) in [6, 6.07) is 8.04. The van der Waals surface area contributed by atoms with Gasteiger partial charge in [-0.3, -0.25) is 0 Å². The highest BCUT2D eigenvalue weighted by atomic mass is 16.5. The highest BCUT2D eigenvalue weighted by Crippen LogP contribution is 2.24. The Labute approximate surface area is 78.7 Å². The molecule has 0 atom stereocenters. The van der Waals surface area contributed by atoms with Gasteiger partial charge >= 0.3 is 0 Å². The Hall–Kier alpha value is -1.02. The molecule has 2 rings (SSSR count). The van der Waals surface area contributed by atoms with E-state index in [1.807, 2.05) is 24.3 Å². The first kappa shape index (κ1) is 8.57. The molecule has 1 aliphatic carbocycles. The molecular weight excluding hydrogens is 162 g/mol. The van der Waals surface area contributed by atoms with Crippen molar-refractivity contribution in [3.63, 3.8) is 0 Å². The van der Waals surface area contributed by atoms with Crippen LogP contribution in [0.2, 0.25) is 0 Å². The molecule has 1 fully saturated rings. The van der Waals surface area contributed by atoms with E-state index >= 15 is 0 Å². The first-order chi connectivity index (χ1) is 6.38. The molecule has 1 aromatic rings. The minimum atomic E-state index is 0.462. The van der Waals surface area contributed by atoms with Crippen LogP contribution in [-0.2, 0) is 6.54 Å². The van der Waals surface area contributed by atoms with E-state index in [4.69, 9.17) is 10.5 Å². The zero-order valence-electron chi connectivity index (χ0n) is 7.70. The van der Waals surface area contributed by atoms with Gasteiger partial charge in [0.1, 0.15) is 5.75 Å². The molecule has 0 aliphatic heterocycles. The van der Waals surface area contributed by atoms with Crippen LogP contribution >= 0.6 is 0 Å². The number of rotatable bonds is 3. The van der Waals surface area contributed by atoms with Crippen molar-refractivity contribution >= 4 is 0 Å². The van der Waals surface area contributed by atoms with Crippen molar-refractivity contribution < 1.29 is 4.74 Å². The third kappa shape index (κ3) is 2.01. The second-order valence-corrected chi connectivity index (χ2v) is 3.52. The number of ether oxygens (including phenoxy) is 1. The lowest BCUT2D eigenvalue weighted by Gasteiger charge is -2.26. The van der Waals surface area contributed by atoms with Gasteiger partial charge in [-0.15, -0.1) is 0 Å². The summed E-state index contributed by atoms with van der Waals surface area (Å²) in [5.41, 5.74) is 6.65. The van der Waals surface area contributed by atoms with Gasteiger partial charge in [0.15, 0.2) is 0 Å². The average molecular weight is 177 g/mol. The molecular formula is C11H15NO. The molecule has 1 aliphatic rings. The highest BCUT2D eigenvalue weighted by Gasteiger charge is 2.18. The lowest BCUT2D eigenvalue weighted by atomic mass is 9.96. The third-order valence-electron chi connectivity index (χ3n) is 2.51. The molecule has 70 valence electrons. The van der Waals surface area contributed by atoms with Crippen LogP contribution in [0.4, 0.5) is 0 Å². The Morgan fingerprint density at radius 2 is 1.92 bits per heavy atom. The van der Waals surface area contributed by atoms with Crippen LogP contribution in [0.5, 0.6) is 5.75 Å². The van der Waals surface area contributed by atoms with Crippen molar-refractivity contribution in [3.8, 4) is 5.75 Å². The van der Waals surface area contributed by atoms with E-state index in [2.05, 4.69) is 0 Å². The fourth-order valence-corrected chi connectivity index (χ4v) is 1.39. The Morgan fingerprint density at radius 3 is 2.38 bits per heavy atom. The van der Waals surface area contributed by atoms with Crippen LogP contribution in [0.3, 0.4) is 0 Å². The maximum Gasteiger partial charge on any atom is 0.119 e. The van der Waals surface area contributed by atoms with E-state index in [9.17, 15) is 0 Å². The monoisotopic (exact) mass is 177 g/mol. The van der Waals surface area contributed by atoms with Gasteiger partial charge in [0.25, 0.3) is 0 Å². The minimum absolute atomic E-state index is 0.462. The lowest BCUT2D eigenvalue weighted by Crippen LogP contribution is -2.24. The van der Waals surface area contributed by atoms with Crippen molar-refractivity contribution in [2.45, 2.75) is 31.9 Å². The van der Waals surface area contributed by atoms with Crippen molar-refractivity contribution in [3.05, 3.63) is 29.8 Å². The smallest absolute Gasteiger partial charge is 0.119 e. The normalized spacial score (nSPS) is 16.7. The number of hydrogen-bond donors (Lipinski definition) is 1. The van der Waals surface area contributed by atoms with Crippen molar-refractivity contribution in [2.75, 3.05) is 0 Å². The van der Waals surface area contributed by atoms with Gasteiger partial charge in [-0.25, -0.2) is 0 Å². The molecule has 0 bridgehead atoms. The van der Waals surface area contributed by atoms with Gasteiger partial charge in [-0.1, -0.05) is 12.1 Å². The Bertz CT molecular complexity index is 264. The van der Waals surface area contributed by atoms with E-state index in [1.165, 1.54) is 19.3 Å². The van der Waals surface area contributed by atoms with Gasteiger partial charge in [0.2, 0.25) is 0 Å². The van der Waals surface area contributed by atoms with E-state index in [0.717, 1.165) is 11.3 Å². The van der Waals surface area contributed by atoms with Gasteiger partial charge in [-0.2, -0.15) is 0 Å². The van der Waals surface area contributed by atoms with Gasteiger partial charge < -0.3 is 10.5 Å². The number of hydrogen-bond acceptors (Lipinski definition) is 2. The van der Waals surface area contributed by atoms with E-state index in [1.54, 1.807) is 0 Å². The average Bonchev–Trinajstić information content (AvgIpc) is 2.12. The van der Waals surface area contributed by atoms with Crippen LogP contribution in [0, 0.1) is 0 Å². The molecule has 0 unspecified atom stereocenters. The molecule has 0 amide bonds. The summed E-state index contributed by atoms with van der Waals surface area (Å²) < 4.78 is 5.71. The Balaban J connectivity index is 1.96. The predicted molar refractivity (Wildman–Crippen MR) is 52.6 cm³/mol. The largest absolute Gasteiger partial charge is 0.490 e. The number of benzene rings is 1. The second-order valence-electron chi connectivity index (χ2n) is 3.52. The van der Waals surface area contributed by atoms with E-state index in [-0.39, 0.29) is 0 Å². The van der Waals surface area contributed by atoms with Gasteiger partial charge in [0.05, 0.1) is 6.10 Å². The predicted octanol–water partition coefficient (Wildman–Crippen LogP) is 2.08. The fraction of sp³-hybridized carbons (Fsp3) is 0.455. The molecule has 1 aromatic carbocycles. The highest BCUT2D eigenvalue weighted by molar-refractivity contribution is 5.27. The molecule has 0 spiro atoms. The number of nitrogens with two attached hydrogens (primary N) is 1. The molecule has 0 aromatic heterocycles.